The van der Waals surface area contributed by atoms with E-state index in [1.807, 2.05) is 33.1 Å². The molecule has 0 radical (unpaired) electrons. The minimum absolute atomic E-state index is 0.118. The van der Waals surface area contributed by atoms with Crippen molar-refractivity contribution in [2.75, 3.05) is 13.2 Å². The number of rotatable bonds is 3. The molecular weight excluding hydrogens is 277 g/mol. The Balaban J connectivity index is 1.68. The Hall–Kier alpha value is -0.625. The number of hydrogen-bond donors (Lipinski definition) is 0. The van der Waals surface area contributed by atoms with Crippen LogP contribution in [-0.2, 0) is 14.0 Å². The first-order chi connectivity index (χ1) is 9.37. The first-order valence-corrected chi connectivity index (χ1v) is 7.81. The van der Waals surface area contributed by atoms with E-state index in [2.05, 4.69) is 4.98 Å². The van der Waals surface area contributed by atoms with Crippen molar-refractivity contribution in [2.24, 2.45) is 0 Å². The van der Waals surface area contributed by atoms with E-state index in [4.69, 9.17) is 18.8 Å². The molecule has 20 heavy (non-hydrogen) atoms. The Morgan fingerprint density at radius 2 is 2.00 bits per heavy atom. The van der Waals surface area contributed by atoms with Crippen LogP contribution in [0.1, 0.15) is 34.1 Å². The SMILES string of the molecule is CC1(C)OB(c2csc(O[C@H]3CCOC3)n2)OC1(C)C. The zero-order valence-corrected chi connectivity index (χ0v) is 13.2. The summed E-state index contributed by atoms with van der Waals surface area (Å²) in [6.07, 6.45) is 1.04. The van der Waals surface area contributed by atoms with Crippen molar-refractivity contribution in [3.63, 3.8) is 0 Å². The summed E-state index contributed by atoms with van der Waals surface area (Å²) in [4.78, 5) is 4.48. The zero-order chi connectivity index (χ0) is 14.4. The maximum Gasteiger partial charge on any atom is 0.515 e. The average Bonchev–Trinajstić information content (AvgIpc) is 3.02. The maximum atomic E-state index is 5.98. The first-order valence-electron chi connectivity index (χ1n) is 6.93. The molecule has 1 aromatic rings. The molecule has 5 nitrogen and oxygen atoms in total. The van der Waals surface area contributed by atoms with E-state index in [9.17, 15) is 0 Å². The molecule has 0 saturated carbocycles. The van der Waals surface area contributed by atoms with Gasteiger partial charge in [-0.15, -0.1) is 0 Å². The van der Waals surface area contributed by atoms with E-state index >= 15 is 0 Å². The van der Waals surface area contributed by atoms with Crippen LogP contribution in [0.4, 0.5) is 0 Å². The van der Waals surface area contributed by atoms with Crippen LogP contribution in [0.2, 0.25) is 0 Å². The van der Waals surface area contributed by atoms with Crippen molar-refractivity contribution in [1.82, 2.24) is 4.98 Å². The van der Waals surface area contributed by atoms with Gasteiger partial charge in [0.05, 0.1) is 30.0 Å². The standard InChI is InChI=1S/C13H20BNO4S/c1-12(2)13(3,4)19-14(18-12)10-8-20-11(15-10)17-9-5-6-16-7-9/h8-9H,5-7H2,1-4H3/t9-/m0/s1. The number of aromatic nitrogens is 1. The fourth-order valence-corrected chi connectivity index (χ4v) is 2.88. The number of nitrogens with zero attached hydrogens (tertiary/aromatic N) is 1. The Kier molecular flexibility index (Phi) is 3.57. The molecule has 2 aliphatic rings. The quantitative estimate of drug-likeness (QED) is 0.793. The van der Waals surface area contributed by atoms with Crippen LogP contribution in [0.5, 0.6) is 5.19 Å². The highest BCUT2D eigenvalue weighted by Crippen LogP contribution is 2.36. The molecule has 110 valence electrons. The third-order valence-electron chi connectivity index (χ3n) is 4.15. The second kappa shape index (κ2) is 4.98. The third kappa shape index (κ3) is 2.59. The third-order valence-corrected chi connectivity index (χ3v) is 4.90. The summed E-state index contributed by atoms with van der Waals surface area (Å²) >= 11 is 1.47. The van der Waals surface area contributed by atoms with E-state index in [1.165, 1.54) is 11.3 Å². The minimum atomic E-state index is -0.423. The maximum absolute atomic E-state index is 5.98. The normalized spacial score (nSPS) is 28.0. The lowest BCUT2D eigenvalue weighted by atomic mass is 9.86. The fourth-order valence-electron chi connectivity index (χ4n) is 2.14. The van der Waals surface area contributed by atoms with Gasteiger partial charge in [0.25, 0.3) is 5.19 Å². The van der Waals surface area contributed by atoms with E-state index in [0.29, 0.717) is 11.8 Å². The van der Waals surface area contributed by atoms with Crippen LogP contribution in [-0.4, -0.2) is 42.6 Å². The monoisotopic (exact) mass is 297 g/mol. The van der Waals surface area contributed by atoms with Crippen molar-refractivity contribution in [2.45, 2.75) is 51.4 Å². The summed E-state index contributed by atoms with van der Waals surface area (Å²) in [6, 6.07) is 0. The smallest absolute Gasteiger partial charge is 0.464 e. The second-order valence-corrected chi connectivity index (χ2v) is 7.05. The van der Waals surface area contributed by atoms with Gasteiger partial charge in [0.1, 0.15) is 6.10 Å². The number of hydrogen-bond acceptors (Lipinski definition) is 6. The molecule has 2 fully saturated rings. The summed E-state index contributed by atoms with van der Waals surface area (Å²) in [5.74, 6) is 0. The Bertz CT molecular complexity index is 468. The van der Waals surface area contributed by atoms with Gasteiger partial charge in [0.15, 0.2) is 0 Å². The van der Waals surface area contributed by atoms with Crippen LogP contribution in [0.3, 0.4) is 0 Å². The van der Waals surface area contributed by atoms with E-state index < -0.39 is 7.12 Å². The van der Waals surface area contributed by atoms with Gasteiger partial charge in [-0.1, -0.05) is 11.3 Å². The molecule has 2 saturated heterocycles. The van der Waals surface area contributed by atoms with Gasteiger partial charge in [-0.05, 0) is 27.7 Å². The van der Waals surface area contributed by atoms with Gasteiger partial charge in [-0.3, -0.25) is 0 Å². The molecule has 0 amide bonds. The Labute approximate surface area is 123 Å². The number of thiazole rings is 1. The van der Waals surface area contributed by atoms with Crippen LogP contribution < -0.4 is 10.3 Å². The molecule has 0 aromatic carbocycles. The van der Waals surface area contributed by atoms with E-state index in [-0.39, 0.29) is 17.3 Å². The molecule has 0 N–H and O–H groups in total. The minimum Gasteiger partial charge on any atom is -0.464 e. The molecule has 0 unspecified atom stereocenters. The highest BCUT2D eigenvalue weighted by atomic mass is 32.1. The fraction of sp³-hybridized carbons (Fsp3) is 0.769. The van der Waals surface area contributed by atoms with Gasteiger partial charge in [0.2, 0.25) is 0 Å². The Morgan fingerprint density at radius 1 is 1.30 bits per heavy atom. The average molecular weight is 297 g/mol. The summed E-state index contributed by atoms with van der Waals surface area (Å²) in [5, 5.41) is 2.60. The summed E-state index contributed by atoms with van der Waals surface area (Å²) in [6.45, 7) is 9.55. The number of ether oxygens (including phenoxy) is 2. The molecule has 0 bridgehead atoms. The van der Waals surface area contributed by atoms with Gasteiger partial charge < -0.3 is 18.8 Å². The van der Waals surface area contributed by atoms with Crippen molar-refractivity contribution < 1.29 is 18.8 Å². The van der Waals surface area contributed by atoms with Crippen molar-refractivity contribution in [1.29, 1.82) is 0 Å². The van der Waals surface area contributed by atoms with Crippen LogP contribution in [0.15, 0.2) is 5.38 Å². The van der Waals surface area contributed by atoms with Crippen LogP contribution >= 0.6 is 11.3 Å². The largest absolute Gasteiger partial charge is 0.515 e. The molecule has 3 heterocycles. The van der Waals surface area contributed by atoms with E-state index in [1.54, 1.807) is 0 Å². The molecule has 7 heteroatoms. The second-order valence-electron chi connectivity index (χ2n) is 6.23. The van der Waals surface area contributed by atoms with Crippen molar-refractivity contribution in [3.8, 4) is 5.19 Å². The van der Waals surface area contributed by atoms with Gasteiger partial charge in [-0.2, -0.15) is 0 Å². The van der Waals surface area contributed by atoms with Gasteiger partial charge >= 0.3 is 7.12 Å². The van der Waals surface area contributed by atoms with Gasteiger partial charge in [-0.25, -0.2) is 4.98 Å². The van der Waals surface area contributed by atoms with Crippen molar-refractivity contribution in [3.05, 3.63) is 5.38 Å². The van der Waals surface area contributed by atoms with Crippen LogP contribution in [0.25, 0.3) is 0 Å². The van der Waals surface area contributed by atoms with Crippen LogP contribution in [0, 0.1) is 0 Å². The summed E-state index contributed by atoms with van der Waals surface area (Å²) in [7, 11) is -0.423. The summed E-state index contributed by atoms with van der Waals surface area (Å²) < 4.78 is 23.0. The highest BCUT2D eigenvalue weighted by Gasteiger charge is 2.52. The molecule has 0 spiro atoms. The zero-order valence-electron chi connectivity index (χ0n) is 12.3. The summed E-state index contributed by atoms with van der Waals surface area (Å²) in [5.41, 5.74) is 0.0889. The first kappa shape index (κ1) is 14.3. The van der Waals surface area contributed by atoms with E-state index in [0.717, 1.165) is 18.6 Å². The molecule has 1 atom stereocenters. The molecule has 0 aliphatic carbocycles. The lowest BCUT2D eigenvalue weighted by Gasteiger charge is -2.32. The topological polar surface area (TPSA) is 49.8 Å². The lowest BCUT2D eigenvalue weighted by Crippen LogP contribution is -2.41. The molecule has 3 rings (SSSR count). The predicted molar refractivity (Wildman–Crippen MR) is 77.7 cm³/mol. The lowest BCUT2D eigenvalue weighted by molar-refractivity contribution is 0.00578. The highest BCUT2D eigenvalue weighted by molar-refractivity contribution is 7.12. The molecule has 1 aromatic heterocycles. The predicted octanol–water partition coefficient (Wildman–Crippen LogP) is 1.61. The Morgan fingerprint density at radius 3 is 2.60 bits per heavy atom. The molecule has 2 aliphatic heterocycles. The van der Waals surface area contributed by atoms with Gasteiger partial charge in [0, 0.05) is 11.8 Å². The molecular formula is C13H20BNO4S. The van der Waals surface area contributed by atoms with Crippen molar-refractivity contribution >= 4 is 24.0 Å².